The van der Waals surface area contributed by atoms with Crippen molar-refractivity contribution in [3.05, 3.63) is 23.6 Å². The summed E-state index contributed by atoms with van der Waals surface area (Å²) < 4.78 is 0. The summed E-state index contributed by atoms with van der Waals surface area (Å²) in [7, 11) is 0. The second-order valence-electron chi connectivity index (χ2n) is 2.09. The predicted octanol–water partition coefficient (Wildman–Crippen LogP) is 2.65. The van der Waals surface area contributed by atoms with E-state index in [2.05, 4.69) is 17.8 Å². The lowest BCUT2D eigenvalue weighted by molar-refractivity contribution is 0.945. The zero-order chi connectivity index (χ0) is 7.11. The summed E-state index contributed by atoms with van der Waals surface area (Å²) in [6.07, 6.45) is 6.29. The third-order valence-corrected chi connectivity index (χ3v) is 1.07. The number of hydrogen-bond donors (Lipinski definition) is 0. The molecule has 0 N–H and O–H groups in total. The van der Waals surface area contributed by atoms with Gasteiger partial charge in [0.1, 0.15) is 0 Å². The number of allylic oxidation sites excluding steroid dienone is 1. The molecule has 0 saturated carbocycles. The Morgan fingerprint density at radius 1 is 1.67 bits per heavy atom. The van der Waals surface area contributed by atoms with Gasteiger partial charge >= 0.3 is 0 Å². The van der Waals surface area contributed by atoms with E-state index in [4.69, 9.17) is 6.57 Å². The van der Waals surface area contributed by atoms with Gasteiger partial charge in [-0.1, -0.05) is 19.4 Å². The average molecular weight is 123 g/mol. The van der Waals surface area contributed by atoms with Crippen molar-refractivity contribution in [3.8, 4) is 0 Å². The highest BCUT2D eigenvalue weighted by atomic mass is 14.7. The van der Waals surface area contributed by atoms with Crippen LogP contribution in [0.2, 0.25) is 0 Å². The van der Waals surface area contributed by atoms with Gasteiger partial charge in [-0.25, -0.2) is 6.57 Å². The topological polar surface area (TPSA) is 4.36 Å². The van der Waals surface area contributed by atoms with Gasteiger partial charge in [-0.2, -0.15) is 0 Å². The molecule has 0 spiro atoms. The normalized spacial score (nSPS) is 13.4. The molecule has 1 heteroatoms. The molecule has 0 aliphatic carbocycles. The SMILES string of the molecule is [C-]#[N+]C(C)/C=C/CCC. The summed E-state index contributed by atoms with van der Waals surface area (Å²) in [5.41, 5.74) is 0. The van der Waals surface area contributed by atoms with E-state index in [9.17, 15) is 0 Å². The monoisotopic (exact) mass is 123 g/mol. The van der Waals surface area contributed by atoms with E-state index >= 15 is 0 Å². The maximum absolute atomic E-state index is 6.62. The smallest absolute Gasteiger partial charge is 0.239 e. The Kier molecular flexibility index (Phi) is 4.91. The first-order chi connectivity index (χ1) is 4.31. The van der Waals surface area contributed by atoms with Crippen molar-refractivity contribution in [2.24, 2.45) is 0 Å². The summed E-state index contributed by atoms with van der Waals surface area (Å²) in [4.78, 5) is 3.32. The van der Waals surface area contributed by atoms with Gasteiger partial charge in [0.05, 0.1) is 0 Å². The van der Waals surface area contributed by atoms with E-state index in [0.29, 0.717) is 0 Å². The highest BCUT2D eigenvalue weighted by Crippen LogP contribution is 1.94. The Balaban J connectivity index is 3.35. The number of nitrogens with zero attached hydrogens (tertiary/aromatic N) is 1. The Morgan fingerprint density at radius 3 is 2.78 bits per heavy atom. The molecule has 1 nitrogen and oxygen atoms in total. The van der Waals surface area contributed by atoms with E-state index in [0.717, 1.165) is 6.42 Å². The van der Waals surface area contributed by atoms with Gasteiger partial charge in [-0.15, -0.1) is 0 Å². The molecule has 50 valence electrons. The lowest BCUT2D eigenvalue weighted by Crippen LogP contribution is -1.84. The summed E-state index contributed by atoms with van der Waals surface area (Å²) >= 11 is 0. The minimum absolute atomic E-state index is 0.0662. The molecule has 0 aliphatic heterocycles. The number of rotatable bonds is 3. The molecule has 0 amide bonds. The largest absolute Gasteiger partial charge is 0.309 e. The Labute approximate surface area is 57.2 Å². The van der Waals surface area contributed by atoms with Crippen LogP contribution in [0.25, 0.3) is 4.85 Å². The molecule has 0 heterocycles. The van der Waals surface area contributed by atoms with Crippen LogP contribution in [0.1, 0.15) is 26.7 Å². The quantitative estimate of drug-likeness (QED) is 0.401. The summed E-state index contributed by atoms with van der Waals surface area (Å²) in [5.74, 6) is 0. The van der Waals surface area contributed by atoms with Crippen molar-refractivity contribution in [2.75, 3.05) is 0 Å². The molecule has 0 fully saturated rings. The zero-order valence-electron chi connectivity index (χ0n) is 6.09. The molecule has 0 aromatic rings. The molecule has 1 unspecified atom stereocenters. The number of unbranched alkanes of at least 4 members (excludes halogenated alkanes) is 1. The molecular weight excluding hydrogens is 110 g/mol. The first-order valence-electron chi connectivity index (χ1n) is 3.34. The lowest BCUT2D eigenvalue weighted by Gasteiger charge is -1.86. The summed E-state index contributed by atoms with van der Waals surface area (Å²) in [6.45, 7) is 10.7. The minimum Gasteiger partial charge on any atom is -0.309 e. The van der Waals surface area contributed by atoms with Crippen LogP contribution >= 0.6 is 0 Å². The van der Waals surface area contributed by atoms with E-state index in [1.165, 1.54) is 6.42 Å². The van der Waals surface area contributed by atoms with Crippen LogP contribution in [-0.2, 0) is 0 Å². The van der Waals surface area contributed by atoms with Crippen molar-refractivity contribution in [2.45, 2.75) is 32.7 Å². The van der Waals surface area contributed by atoms with E-state index in [1.54, 1.807) is 0 Å². The molecule has 0 aromatic heterocycles. The second-order valence-corrected chi connectivity index (χ2v) is 2.09. The Bertz CT molecular complexity index is 119. The average Bonchev–Trinajstić information content (AvgIpc) is 1.89. The van der Waals surface area contributed by atoms with Crippen LogP contribution in [0.4, 0.5) is 0 Å². The van der Waals surface area contributed by atoms with Crippen LogP contribution in [-0.4, -0.2) is 6.04 Å². The van der Waals surface area contributed by atoms with Gasteiger partial charge in [0.2, 0.25) is 6.04 Å². The minimum atomic E-state index is 0.0662. The molecule has 0 aromatic carbocycles. The molecule has 1 atom stereocenters. The second kappa shape index (κ2) is 5.37. The molecule has 0 rings (SSSR count). The first-order valence-corrected chi connectivity index (χ1v) is 3.34. The molecule has 0 aliphatic rings. The standard InChI is InChI=1S/C8H13N/c1-4-5-6-7-8(2)9-3/h6-8H,4-5H2,1-2H3/b7-6+. The number of hydrogen-bond acceptors (Lipinski definition) is 0. The summed E-state index contributed by atoms with van der Waals surface area (Å²) in [6, 6.07) is 0.0662. The molecular formula is C8H13N. The third kappa shape index (κ3) is 5.10. The fourth-order valence-corrected chi connectivity index (χ4v) is 0.503. The highest BCUT2D eigenvalue weighted by Gasteiger charge is 1.92. The van der Waals surface area contributed by atoms with Gasteiger partial charge in [-0.3, -0.25) is 0 Å². The zero-order valence-corrected chi connectivity index (χ0v) is 6.09. The molecule has 0 bridgehead atoms. The predicted molar refractivity (Wildman–Crippen MR) is 40.1 cm³/mol. The third-order valence-electron chi connectivity index (χ3n) is 1.07. The molecule has 0 radical (unpaired) electrons. The Hall–Kier alpha value is -0.770. The van der Waals surface area contributed by atoms with Crippen molar-refractivity contribution in [1.82, 2.24) is 0 Å². The van der Waals surface area contributed by atoms with Crippen LogP contribution in [0.15, 0.2) is 12.2 Å². The van der Waals surface area contributed by atoms with Gasteiger partial charge in [0.15, 0.2) is 0 Å². The maximum atomic E-state index is 6.62. The fraction of sp³-hybridized carbons (Fsp3) is 0.625. The Morgan fingerprint density at radius 2 is 2.33 bits per heavy atom. The van der Waals surface area contributed by atoms with Gasteiger partial charge in [0, 0.05) is 6.92 Å². The van der Waals surface area contributed by atoms with Crippen LogP contribution in [0.3, 0.4) is 0 Å². The first kappa shape index (κ1) is 8.23. The lowest BCUT2D eigenvalue weighted by atomic mass is 10.2. The van der Waals surface area contributed by atoms with Crippen LogP contribution < -0.4 is 0 Å². The van der Waals surface area contributed by atoms with Crippen LogP contribution in [0.5, 0.6) is 0 Å². The molecule has 9 heavy (non-hydrogen) atoms. The maximum Gasteiger partial charge on any atom is 0.239 e. The molecule has 0 saturated heterocycles. The van der Waals surface area contributed by atoms with E-state index in [1.807, 2.05) is 13.0 Å². The van der Waals surface area contributed by atoms with Gasteiger partial charge in [-0.05, 0) is 12.5 Å². The van der Waals surface area contributed by atoms with E-state index in [-0.39, 0.29) is 6.04 Å². The van der Waals surface area contributed by atoms with Crippen molar-refractivity contribution in [1.29, 1.82) is 0 Å². The highest BCUT2D eigenvalue weighted by molar-refractivity contribution is 4.96. The van der Waals surface area contributed by atoms with Crippen molar-refractivity contribution >= 4 is 0 Å². The van der Waals surface area contributed by atoms with Gasteiger partial charge in [0.25, 0.3) is 0 Å². The van der Waals surface area contributed by atoms with E-state index < -0.39 is 0 Å². The van der Waals surface area contributed by atoms with Gasteiger partial charge < -0.3 is 4.85 Å². The van der Waals surface area contributed by atoms with Crippen molar-refractivity contribution in [3.63, 3.8) is 0 Å². The van der Waals surface area contributed by atoms with Crippen molar-refractivity contribution < 1.29 is 0 Å². The summed E-state index contributed by atoms with van der Waals surface area (Å²) in [5, 5.41) is 0. The fourth-order valence-electron chi connectivity index (χ4n) is 0.503. The van der Waals surface area contributed by atoms with Crippen LogP contribution in [0, 0.1) is 6.57 Å².